The van der Waals surface area contributed by atoms with Crippen LogP contribution in [0.5, 0.6) is 11.5 Å². The highest BCUT2D eigenvalue weighted by atomic mass is 16.6. The molecule has 0 saturated carbocycles. The Morgan fingerprint density at radius 1 is 1.20 bits per heavy atom. The maximum atomic E-state index is 10.5. The summed E-state index contributed by atoms with van der Waals surface area (Å²) in [7, 11) is 0. The van der Waals surface area contributed by atoms with Crippen molar-refractivity contribution >= 4 is 5.69 Å². The lowest BCUT2D eigenvalue weighted by Gasteiger charge is -2.20. The van der Waals surface area contributed by atoms with E-state index in [0.29, 0.717) is 5.56 Å². The molecular weight excluding hydrogens is 198 g/mol. The molecule has 0 aromatic heterocycles. The second-order valence-corrected chi connectivity index (χ2v) is 4.34. The third kappa shape index (κ3) is 2.01. The summed E-state index contributed by atoms with van der Waals surface area (Å²) in [6.07, 6.45) is 0. The minimum Gasteiger partial charge on any atom is -0.504 e. The standard InChI is InChI=1S/C10H13NO4/c1-10(2,3)6-4-5-7(11(14)15)9(13)8(6)12/h4-5,12-13H,1-3H3. The molecule has 0 amide bonds. The molecule has 0 atom stereocenters. The minimum atomic E-state index is -0.735. The summed E-state index contributed by atoms with van der Waals surface area (Å²) >= 11 is 0. The predicted octanol–water partition coefficient (Wildman–Crippen LogP) is 2.30. The number of phenolic OH excluding ortho intramolecular Hbond substituents is 2. The van der Waals surface area contributed by atoms with Crippen molar-refractivity contribution in [2.24, 2.45) is 0 Å². The highest BCUT2D eigenvalue weighted by molar-refractivity contribution is 5.59. The van der Waals surface area contributed by atoms with Crippen LogP contribution in [0.4, 0.5) is 5.69 Å². The molecule has 0 spiro atoms. The zero-order valence-corrected chi connectivity index (χ0v) is 8.81. The number of nitro benzene ring substituents is 1. The molecule has 15 heavy (non-hydrogen) atoms. The lowest BCUT2D eigenvalue weighted by molar-refractivity contribution is -0.386. The first-order valence-electron chi connectivity index (χ1n) is 4.45. The van der Waals surface area contributed by atoms with Crippen molar-refractivity contribution in [1.82, 2.24) is 0 Å². The summed E-state index contributed by atoms with van der Waals surface area (Å²) < 4.78 is 0. The van der Waals surface area contributed by atoms with Crippen LogP contribution in [0.2, 0.25) is 0 Å². The van der Waals surface area contributed by atoms with Gasteiger partial charge in [0.05, 0.1) is 4.92 Å². The molecule has 5 nitrogen and oxygen atoms in total. The molecule has 5 heteroatoms. The van der Waals surface area contributed by atoms with Crippen LogP contribution in [-0.4, -0.2) is 15.1 Å². The molecule has 0 aliphatic rings. The van der Waals surface area contributed by atoms with E-state index in [1.165, 1.54) is 12.1 Å². The topological polar surface area (TPSA) is 83.6 Å². The minimum absolute atomic E-state index is 0.378. The van der Waals surface area contributed by atoms with Crippen LogP contribution in [-0.2, 0) is 5.41 Å². The van der Waals surface area contributed by atoms with Gasteiger partial charge in [-0.15, -0.1) is 0 Å². The molecular formula is C10H13NO4. The van der Waals surface area contributed by atoms with Crippen LogP contribution in [0.3, 0.4) is 0 Å². The Balaban J connectivity index is 3.41. The van der Waals surface area contributed by atoms with E-state index in [9.17, 15) is 20.3 Å². The van der Waals surface area contributed by atoms with E-state index in [1.54, 1.807) is 0 Å². The number of benzene rings is 1. The number of hydrogen-bond acceptors (Lipinski definition) is 4. The van der Waals surface area contributed by atoms with Crippen molar-refractivity contribution in [3.63, 3.8) is 0 Å². The first-order chi connectivity index (χ1) is 6.75. The number of aromatic hydroxyl groups is 2. The summed E-state index contributed by atoms with van der Waals surface area (Å²) in [5.74, 6) is -1.09. The molecule has 0 aliphatic heterocycles. The van der Waals surface area contributed by atoms with E-state index in [-0.39, 0.29) is 5.41 Å². The van der Waals surface area contributed by atoms with Crippen molar-refractivity contribution in [2.45, 2.75) is 26.2 Å². The van der Waals surface area contributed by atoms with E-state index in [1.807, 2.05) is 20.8 Å². The van der Waals surface area contributed by atoms with Gasteiger partial charge in [-0.05, 0) is 11.5 Å². The first kappa shape index (κ1) is 11.3. The Bertz CT molecular complexity index is 407. The number of phenols is 2. The molecule has 0 heterocycles. The van der Waals surface area contributed by atoms with Crippen molar-refractivity contribution in [1.29, 1.82) is 0 Å². The van der Waals surface area contributed by atoms with Gasteiger partial charge in [0.2, 0.25) is 5.75 Å². The Kier molecular flexibility index (Phi) is 2.57. The monoisotopic (exact) mass is 211 g/mol. The Hall–Kier alpha value is -1.78. The zero-order chi connectivity index (χ0) is 11.8. The summed E-state index contributed by atoms with van der Waals surface area (Å²) in [6, 6.07) is 2.64. The highest BCUT2D eigenvalue weighted by Gasteiger charge is 2.25. The lowest BCUT2D eigenvalue weighted by Crippen LogP contribution is -2.11. The number of hydrogen-bond donors (Lipinski definition) is 2. The third-order valence-electron chi connectivity index (χ3n) is 2.13. The van der Waals surface area contributed by atoms with Crippen LogP contribution in [0.1, 0.15) is 26.3 Å². The Morgan fingerprint density at radius 2 is 1.73 bits per heavy atom. The Morgan fingerprint density at radius 3 is 2.13 bits per heavy atom. The van der Waals surface area contributed by atoms with E-state index in [4.69, 9.17) is 0 Å². The summed E-state index contributed by atoms with van der Waals surface area (Å²) in [5, 5.41) is 29.5. The third-order valence-corrected chi connectivity index (χ3v) is 2.13. The molecule has 0 saturated heterocycles. The van der Waals surface area contributed by atoms with Crippen LogP contribution < -0.4 is 0 Å². The SMILES string of the molecule is CC(C)(C)c1ccc([N+](=O)[O-])c(O)c1O. The second kappa shape index (κ2) is 3.42. The second-order valence-electron chi connectivity index (χ2n) is 4.34. The predicted molar refractivity (Wildman–Crippen MR) is 55.1 cm³/mol. The summed E-state index contributed by atoms with van der Waals surface area (Å²) in [5.41, 5.74) is -0.387. The average molecular weight is 211 g/mol. The molecule has 0 radical (unpaired) electrons. The molecule has 82 valence electrons. The average Bonchev–Trinajstić information content (AvgIpc) is 2.06. The number of rotatable bonds is 1. The van der Waals surface area contributed by atoms with Gasteiger partial charge in [-0.25, -0.2) is 0 Å². The van der Waals surface area contributed by atoms with Crippen LogP contribution in [0.25, 0.3) is 0 Å². The fraction of sp³-hybridized carbons (Fsp3) is 0.400. The summed E-state index contributed by atoms with van der Waals surface area (Å²) in [6.45, 7) is 5.52. The van der Waals surface area contributed by atoms with Gasteiger partial charge in [0, 0.05) is 11.6 Å². The van der Waals surface area contributed by atoms with E-state index < -0.39 is 22.1 Å². The van der Waals surface area contributed by atoms with Gasteiger partial charge in [-0.3, -0.25) is 10.1 Å². The van der Waals surface area contributed by atoms with Crippen LogP contribution in [0.15, 0.2) is 12.1 Å². The van der Waals surface area contributed by atoms with Gasteiger partial charge in [-0.1, -0.05) is 20.8 Å². The number of nitro groups is 1. The summed E-state index contributed by atoms with van der Waals surface area (Å²) in [4.78, 5) is 9.73. The van der Waals surface area contributed by atoms with Gasteiger partial charge >= 0.3 is 5.69 Å². The molecule has 1 aromatic carbocycles. The fourth-order valence-electron chi connectivity index (χ4n) is 1.32. The van der Waals surface area contributed by atoms with E-state index >= 15 is 0 Å². The largest absolute Gasteiger partial charge is 0.504 e. The molecule has 1 aromatic rings. The molecule has 0 unspecified atom stereocenters. The molecule has 0 bridgehead atoms. The maximum absolute atomic E-state index is 10.5. The van der Waals surface area contributed by atoms with Gasteiger partial charge in [0.15, 0.2) is 5.75 Å². The fourth-order valence-corrected chi connectivity index (χ4v) is 1.32. The van der Waals surface area contributed by atoms with Gasteiger partial charge in [-0.2, -0.15) is 0 Å². The lowest BCUT2D eigenvalue weighted by atomic mass is 9.86. The zero-order valence-electron chi connectivity index (χ0n) is 8.81. The quantitative estimate of drug-likeness (QED) is 0.424. The molecule has 1 rings (SSSR count). The first-order valence-corrected chi connectivity index (χ1v) is 4.45. The van der Waals surface area contributed by atoms with Crippen LogP contribution >= 0.6 is 0 Å². The van der Waals surface area contributed by atoms with Crippen molar-refractivity contribution in [2.75, 3.05) is 0 Å². The van der Waals surface area contributed by atoms with Crippen molar-refractivity contribution in [3.8, 4) is 11.5 Å². The number of nitrogens with zero attached hydrogens (tertiary/aromatic N) is 1. The van der Waals surface area contributed by atoms with Gasteiger partial charge < -0.3 is 10.2 Å². The smallest absolute Gasteiger partial charge is 0.314 e. The van der Waals surface area contributed by atoms with E-state index in [0.717, 1.165) is 0 Å². The van der Waals surface area contributed by atoms with Gasteiger partial charge in [0.1, 0.15) is 0 Å². The van der Waals surface area contributed by atoms with Crippen LogP contribution in [0, 0.1) is 10.1 Å². The molecule has 0 fully saturated rings. The van der Waals surface area contributed by atoms with Crippen molar-refractivity contribution < 1.29 is 15.1 Å². The normalized spacial score (nSPS) is 11.4. The highest BCUT2D eigenvalue weighted by Crippen LogP contribution is 2.42. The van der Waals surface area contributed by atoms with E-state index in [2.05, 4.69) is 0 Å². The molecule has 0 aliphatic carbocycles. The Labute approximate surface area is 87.1 Å². The van der Waals surface area contributed by atoms with Crippen molar-refractivity contribution in [3.05, 3.63) is 27.8 Å². The van der Waals surface area contributed by atoms with Gasteiger partial charge in [0.25, 0.3) is 0 Å². The molecule has 2 N–H and O–H groups in total. The maximum Gasteiger partial charge on any atom is 0.314 e.